The zero-order valence-electron chi connectivity index (χ0n) is 16.9. The summed E-state index contributed by atoms with van der Waals surface area (Å²) in [6, 6.07) is 23.5. The number of amides is 1. The molecule has 3 aromatic carbocycles. The average molecular weight is 395 g/mol. The van der Waals surface area contributed by atoms with Crippen molar-refractivity contribution in [2.45, 2.75) is 6.92 Å². The third-order valence-corrected chi connectivity index (χ3v) is 4.85. The molecule has 30 heavy (non-hydrogen) atoms. The summed E-state index contributed by atoms with van der Waals surface area (Å²) in [5.74, 6) is 6.04. The number of anilines is 1. The van der Waals surface area contributed by atoms with E-state index in [0.717, 1.165) is 27.6 Å². The van der Waals surface area contributed by atoms with Crippen LogP contribution in [0, 0.1) is 18.8 Å². The summed E-state index contributed by atoms with van der Waals surface area (Å²) >= 11 is 0. The van der Waals surface area contributed by atoms with Gasteiger partial charge < -0.3 is 14.5 Å². The quantitative estimate of drug-likeness (QED) is 0.454. The fourth-order valence-corrected chi connectivity index (χ4v) is 3.39. The first kappa shape index (κ1) is 19.5. The molecule has 0 saturated carbocycles. The zero-order valence-corrected chi connectivity index (χ0v) is 16.9. The first-order valence-corrected chi connectivity index (χ1v) is 9.64. The number of rotatable bonds is 4. The van der Waals surface area contributed by atoms with E-state index in [0.29, 0.717) is 17.9 Å². The third kappa shape index (κ3) is 3.98. The van der Waals surface area contributed by atoms with E-state index in [1.807, 2.05) is 67.6 Å². The number of furan rings is 1. The Morgan fingerprint density at radius 1 is 0.967 bits per heavy atom. The van der Waals surface area contributed by atoms with Gasteiger partial charge >= 0.3 is 0 Å². The molecule has 0 spiro atoms. The van der Waals surface area contributed by atoms with Crippen molar-refractivity contribution in [1.29, 1.82) is 0 Å². The number of hydrogen-bond donors (Lipinski definition) is 1. The fraction of sp³-hybridized carbons (Fsp3) is 0.115. The van der Waals surface area contributed by atoms with Gasteiger partial charge in [0.15, 0.2) is 5.76 Å². The van der Waals surface area contributed by atoms with Crippen molar-refractivity contribution in [1.82, 2.24) is 0 Å². The minimum atomic E-state index is -0.285. The van der Waals surface area contributed by atoms with Gasteiger partial charge in [-0.3, -0.25) is 4.79 Å². The number of carbonyl (C=O) groups is 1. The largest absolute Gasteiger partial charge is 0.451 e. The monoisotopic (exact) mass is 395 g/mol. The lowest BCUT2D eigenvalue weighted by Gasteiger charge is -2.06. The summed E-state index contributed by atoms with van der Waals surface area (Å²) in [7, 11) is 1.60. The van der Waals surface area contributed by atoms with E-state index in [1.54, 1.807) is 7.11 Å². The van der Waals surface area contributed by atoms with E-state index in [-0.39, 0.29) is 11.7 Å². The summed E-state index contributed by atoms with van der Waals surface area (Å²) < 4.78 is 10.9. The molecule has 0 aliphatic rings. The summed E-state index contributed by atoms with van der Waals surface area (Å²) in [6.45, 7) is 2.22. The van der Waals surface area contributed by atoms with E-state index in [9.17, 15) is 4.79 Å². The van der Waals surface area contributed by atoms with E-state index in [2.05, 4.69) is 29.3 Å². The SMILES string of the molecule is COCC#Cc1cccc2oc(C(=O)Nc3ccc(-c4ccccc4)cc3)c(C)c12. The number of methoxy groups -OCH3 is 1. The van der Waals surface area contributed by atoms with Crippen molar-refractivity contribution < 1.29 is 13.9 Å². The molecule has 4 heteroatoms. The van der Waals surface area contributed by atoms with Crippen LogP contribution in [0.1, 0.15) is 21.7 Å². The maximum atomic E-state index is 12.9. The van der Waals surface area contributed by atoms with E-state index < -0.39 is 0 Å². The highest BCUT2D eigenvalue weighted by molar-refractivity contribution is 6.07. The standard InChI is InChI=1S/C26H21NO3/c1-18-24-21(11-7-17-29-2)10-6-12-23(24)30-25(18)26(28)27-22-15-13-20(14-16-22)19-8-4-3-5-9-19/h3-6,8-10,12-16H,17H2,1-2H3,(H,27,28). The highest BCUT2D eigenvalue weighted by Crippen LogP contribution is 2.29. The zero-order chi connectivity index (χ0) is 20.9. The molecule has 1 aromatic heterocycles. The number of ether oxygens (including phenoxy) is 1. The van der Waals surface area contributed by atoms with Crippen molar-refractivity contribution >= 4 is 22.6 Å². The molecule has 0 fully saturated rings. The van der Waals surface area contributed by atoms with Crippen LogP contribution in [0.2, 0.25) is 0 Å². The van der Waals surface area contributed by atoms with Crippen molar-refractivity contribution in [3.8, 4) is 23.0 Å². The first-order valence-electron chi connectivity index (χ1n) is 9.64. The molecule has 0 radical (unpaired) electrons. The normalized spacial score (nSPS) is 10.5. The average Bonchev–Trinajstić information content (AvgIpc) is 3.12. The Labute approximate surface area is 175 Å². The summed E-state index contributed by atoms with van der Waals surface area (Å²) in [5.41, 5.74) is 5.15. The van der Waals surface area contributed by atoms with Gasteiger partial charge in [-0.1, -0.05) is 60.4 Å². The van der Waals surface area contributed by atoms with Gasteiger partial charge in [-0.25, -0.2) is 0 Å². The lowest BCUT2D eigenvalue weighted by molar-refractivity contribution is 0.0998. The molecule has 0 unspecified atom stereocenters. The number of hydrogen-bond acceptors (Lipinski definition) is 3. The Kier molecular flexibility index (Phi) is 5.65. The topological polar surface area (TPSA) is 51.5 Å². The fourth-order valence-electron chi connectivity index (χ4n) is 3.39. The van der Waals surface area contributed by atoms with Crippen LogP contribution in [0.25, 0.3) is 22.1 Å². The lowest BCUT2D eigenvalue weighted by Crippen LogP contribution is -2.12. The van der Waals surface area contributed by atoms with Gasteiger partial charge in [-0.2, -0.15) is 0 Å². The highest BCUT2D eigenvalue weighted by Gasteiger charge is 2.19. The van der Waals surface area contributed by atoms with Gasteiger partial charge in [0.05, 0.1) is 0 Å². The summed E-state index contributed by atoms with van der Waals surface area (Å²) in [5, 5.41) is 3.77. The molecule has 1 amide bonds. The predicted molar refractivity (Wildman–Crippen MR) is 120 cm³/mol. The van der Waals surface area contributed by atoms with Gasteiger partial charge in [0.1, 0.15) is 12.2 Å². The molecular weight excluding hydrogens is 374 g/mol. The number of benzene rings is 3. The number of nitrogens with one attached hydrogen (secondary N) is 1. The Bertz CT molecular complexity index is 1240. The van der Waals surface area contributed by atoms with Gasteiger partial charge in [0, 0.05) is 29.3 Å². The lowest BCUT2D eigenvalue weighted by atomic mass is 10.1. The number of carbonyl (C=O) groups excluding carboxylic acids is 1. The van der Waals surface area contributed by atoms with Crippen LogP contribution in [0.3, 0.4) is 0 Å². The van der Waals surface area contributed by atoms with Crippen molar-refractivity contribution in [2.24, 2.45) is 0 Å². The third-order valence-electron chi connectivity index (χ3n) is 4.85. The Hall–Kier alpha value is -3.81. The van der Waals surface area contributed by atoms with Crippen LogP contribution in [-0.4, -0.2) is 19.6 Å². The molecule has 4 aromatic rings. The van der Waals surface area contributed by atoms with E-state index in [1.165, 1.54) is 0 Å². The van der Waals surface area contributed by atoms with Crippen molar-refractivity contribution in [2.75, 3.05) is 19.0 Å². The maximum absolute atomic E-state index is 12.9. The summed E-state index contributed by atoms with van der Waals surface area (Å²) in [4.78, 5) is 12.9. The Morgan fingerprint density at radius 3 is 2.43 bits per heavy atom. The van der Waals surface area contributed by atoms with Crippen LogP contribution in [0.5, 0.6) is 0 Å². The minimum Gasteiger partial charge on any atom is -0.451 e. The molecular formula is C26H21NO3. The second-order valence-electron chi connectivity index (χ2n) is 6.87. The van der Waals surface area contributed by atoms with Gasteiger partial charge in [0.2, 0.25) is 0 Å². The van der Waals surface area contributed by atoms with E-state index in [4.69, 9.17) is 9.15 Å². The number of fused-ring (bicyclic) bond motifs is 1. The van der Waals surface area contributed by atoms with Crippen LogP contribution < -0.4 is 5.32 Å². The smallest absolute Gasteiger partial charge is 0.291 e. The van der Waals surface area contributed by atoms with Crippen LogP contribution in [0.15, 0.2) is 77.2 Å². The molecule has 1 N–H and O–H groups in total. The Balaban J connectivity index is 1.59. The molecule has 148 valence electrons. The molecule has 0 bridgehead atoms. The Morgan fingerprint density at radius 2 is 1.70 bits per heavy atom. The molecule has 0 saturated heterocycles. The van der Waals surface area contributed by atoms with Gasteiger partial charge in [-0.15, -0.1) is 0 Å². The van der Waals surface area contributed by atoms with Crippen molar-refractivity contribution in [3.05, 3.63) is 89.7 Å². The molecule has 4 nitrogen and oxygen atoms in total. The second kappa shape index (κ2) is 8.69. The van der Waals surface area contributed by atoms with Crippen LogP contribution in [0.4, 0.5) is 5.69 Å². The molecule has 1 heterocycles. The maximum Gasteiger partial charge on any atom is 0.291 e. The first-order chi connectivity index (χ1) is 14.7. The van der Waals surface area contributed by atoms with Crippen LogP contribution >= 0.6 is 0 Å². The van der Waals surface area contributed by atoms with Crippen molar-refractivity contribution in [3.63, 3.8) is 0 Å². The minimum absolute atomic E-state index is 0.285. The number of aryl methyl sites for hydroxylation is 1. The van der Waals surface area contributed by atoms with Crippen LogP contribution in [-0.2, 0) is 4.74 Å². The molecule has 4 rings (SSSR count). The predicted octanol–water partition coefficient (Wildman–Crippen LogP) is 5.66. The van der Waals surface area contributed by atoms with E-state index >= 15 is 0 Å². The summed E-state index contributed by atoms with van der Waals surface area (Å²) in [6.07, 6.45) is 0. The second-order valence-corrected chi connectivity index (χ2v) is 6.87. The molecule has 0 aliphatic carbocycles. The highest BCUT2D eigenvalue weighted by atomic mass is 16.5. The molecule has 0 aliphatic heterocycles. The van der Waals surface area contributed by atoms with Gasteiger partial charge in [-0.05, 0) is 42.3 Å². The molecule has 0 atom stereocenters. The van der Waals surface area contributed by atoms with Gasteiger partial charge in [0.25, 0.3) is 5.91 Å².